The maximum Gasteiger partial charge on any atom is 0.246 e. The minimum atomic E-state index is -0.462. The normalized spacial score (nSPS) is 20.5. The Bertz CT molecular complexity index is 782. The van der Waals surface area contributed by atoms with Crippen LogP contribution in [0.5, 0.6) is 5.75 Å². The van der Waals surface area contributed by atoms with Crippen molar-refractivity contribution >= 4 is 23.4 Å². The van der Waals surface area contributed by atoms with Crippen LogP contribution in [0.3, 0.4) is 0 Å². The third-order valence-electron chi connectivity index (χ3n) is 5.74. The van der Waals surface area contributed by atoms with Crippen LogP contribution < -0.4 is 15.0 Å². The van der Waals surface area contributed by atoms with Gasteiger partial charge >= 0.3 is 0 Å². The number of amides is 3. The zero-order chi connectivity index (χ0) is 21.7. The van der Waals surface area contributed by atoms with Crippen molar-refractivity contribution in [1.29, 1.82) is 0 Å². The van der Waals surface area contributed by atoms with E-state index in [4.69, 9.17) is 4.74 Å². The molecule has 0 radical (unpaired) electrons. The first-order valence-electron chi connectivity index (χ1n) is 10.6. The highest BCUT2D eigenvalue weighted by Crippen LogP contribution is 2.23. The molecule has 30 heavy (non-hydrogen) atoms. The van der Waals surface area contributed by atoms with Gasteiger partial charge in [-0.25, -0.2) is 0 Å². The molecule has 0 unspecified atom stereocenters. The van der Waals surface area contributed by atoms with Gasteiger partial charge in [-0.1, -0.05) is 19.9 Å². The van der Waals surface area contributed by atoms with E-state index in [0.717, 1.165) is 25.2 Å². The molecule has 1 aromatic rings. The molecule has 8 heteroatoms. The molecule has 0 aromatic heterocycles. The summed E-state index contributed by atoms with van der Waals surface area (Å²) in [6, 6.07) is 6.88. The molecular weight excluding hydrogens is 384 g/mol. The number of anilines is 1. The van der Waals surface area contributed by atoms with Crippen LogP contribution in [-0.4, -0.2) is 79.9 Å². The molecule has 2 heterocycles. The number of methoxy groups -OCH3 is 1. The van der Waals surface area contributed by atoms with Crippen LogP contribution in [0, 0.1) is 5.92 Å². The number of piperazine rings is 2. The van der Waals surface area contributed by atoms with Crippen molar-refractivity contribution in [3.8, 4) is 5.75 Å². The SMILES string of the molecule is COc1cccc(N2CCN(C(=O)C[C@H]3C(=O)NCCN3CCC(C)C)CC2=O)c1. The molecule has 1 N–H and O–H groups in total. The Labute approximate surface area is 178 Å². The van der Waals surface area contributed by atoms with Crippen LogP contribution >= 0.6 is 0 Å². The van der Waals surface area contributed by atoms with Crippen LogP contribution in [-0.2, 0) is 14.4 Å². The summed E-state index contributed by atoms with van der Waals surface area (Å²) in [5.74, 6) is 0.842. The fourth-order valence-corrected chi connectivity index (χ4v) is 3.91. The average Bonchev–Trinajstić information content (AvgIpc) is 2.74. The van der Waals surface area contributed by atoms with Crippen molar-refractivity contribution in [3.05, 3.63) is 24.3 Å². The van der Waals surface area contributed by atoms with E-state index in [-0.39, 0.29) is 30.7 Å². The maximum absolute atomic E-state index is 12.9. The Morgan fingerprint density at radius 2 is 2.03 bits per heavy atom. The number of rotatable bonds is 7. The summed E-state index contributed by atoms with van der Waals surface area (Å²) in [5, 5.41) is 2.87. The summed E-state index contributed by atoms with van der Waals surface area (Å²) in [4.78, 5) is 43.4. The number of carbonyl (C=O) groups is 3. The predicted octanol–water partition coefficient (Wildman–Crippen LogP) is 1.11. The van der Waals surface area contributed by atoms with Crippen molar-refractivity contribution in [2.75, 3.05) is 51.3 Å². The summed E-state index contributed by atoms with van der Waals surface area (Å²) in [6.45, 7) is 7.35. The van der Waals surface area contributed by atoms with Crippen LogP contribution in [0.1, 0.15) is 26.7 Å². The molecule has 0 bridgehead atoms. The van der Waals surface area contributed by atoms with Gasteiger partial charge in [-0.05, 0) is 31.0 Å². The van der Waals surface area contributed by atoms with E-state index in [2.05, 4.69) is 24.1 Å². The van der Waals surface area contributed by atoms with Crippen molar-refractivity contribution in [2.45, 2.75) is 32.7 Å². The first-order chi connectivity index (χ1) is 14.4. The van der Waals surface area contributed by atoms with Crippen LogP contribution in [0.25, 0.3) is 0 Å². The number of hydrogen-bond donors (Lipinski definition) is 1. The smallest absolute Gasteiger partial charge is 0.246 e. The van der Waals surface area contributed by atoms with Gasteiger partial charge in [-0.3, -0.25) is 19.3 Å². The minimum Gasteiger partial charge on any atom is -0.497 e. The molecule has 2 aliphatic heterocycles. The van der Waals surface area contributed by atoms with Gasteiger partial charge in [0.1, 0.15) is 12.3 Å². The summed E-state index contributed by atoms with van der Waals surface area (Å²) < 4.78 is 5.23. The number of hydrogen-bond acceptors (Lipinski definition) is 5. The highest BCUT2D eigenvalue weighted by molar-refractivity contribution is 5.98. The lowest BCUT2D eigenvalue weighted by Gasteiger charge is -2.38. The standard InChI is InChI=1S/C22H32N4O4/c1-16(2)7-9-24-10-8-23-22(29)19(24)14-20(27)25-11-12-26(21(28)15-25)17-5-4-6-18(13-17)30-3/h4-6,13,16,19H,7-12,14-15H2,1-3H3,(H,23,29)/t19-/m0/s1. The molecule has 2 aliphatic rings. The summed E-state index contributed by atoms with van der Waals surface area (Å²) >= 11 is 0. The molecule has 0 aliphatic carbocycles. The van der Waals surface area contributed by atoms with Crippen LogP contribution in [0.4, 0.5) is 5.69 Å². The Balaban J connectivity index is 1.60. The Morgan fingerprint density at radius 1 is 1.23 bits per heavy atom. The van der Waals surface area contributed by atoms with Crippen molar-refractivity contribution in [3.63, 3.8) is 0 Å². The topological polar surface area (TPSA) is 82.2 Å². The van der Waals surface area contributed by atoms with Gasteiger partial charge in [-0.2, -0.15) is 0 Å². The third kappa shape index (κ3) is 5.30. The van der Waals surface area contributed by atoms with E-state index in [1.54, 1.807) is 16.9 Å². The van der Waals surface area contributed by atoms with Gasteiger partial charge in [0.2, 0.25) is 17.7 Å². The van der Waals surface area contributed by atoms with Gasteiger partial charge in [0.25, 0.3) is 0 Å². The van der Waals surface area contributed by atoms with Crippen LogP contribution in [0.2, 0.25) is 0 Å². The van der Waals surface area contributed by atoms with E-state index in [1.807, 2.05) is 24.3 Å². The van der Waals surface area contributed by atoms with E-state index in [9.17, 15) is 14.4 Å². The molecule has 3 amide bonds. The predicted molar refractivity (Wildman–Crippen MR) is 114 cm³/mol. The second-order valence-corrected chi connectivity index (χ2v) is 8.29. The lowest BCUT2D eigenvalue weighted by atomic mass is 10.0. The second kappa shape index (κ2) is 9.93. The lowest BCUT2D eigenvalue weighted by Crippen LogP contribution is -2.58. The first kappa shape index (κ1) is 22.1. The minimum absolute atomic E-state index is 0.0242. The highest BCUT2D eigenvalue weighted by Gasteiger charge is 2.35. The Hall–Kier alpha value is -2.61. The molecule has 2 saturated heterocycles. The van der Waals surface area contributed by atoms with E-state index in [1.165, 1.54) is 0 Å². The molecular formula is C22H32N4O4. The van der Waals surface area contributed by atoms with Gasteiger partial charge in [0.15, 0.2) is 0 Å². The molecule has 2 fully saturated rings. The molecule has 0 saturated carbocycles. The molecule has 0 spiro atoms. The fourth-order valence-electron chi connectivity index (χ4n) is 3.91. The number of ether oxygens (including phenoxy) is 1. The van der Waals surface area contributed by atoms with E-state index < -0.39 is 6.04 Å². The van der Waals surface area contributed by atoms with Gasteiger partial charge in [0.05, 0.1) is 19.6 Å². The number of benzene rings is 1. The van der Waals surface area contributed by atoms with Crippen LogP contribution in [0.15, 0.2) is 24.3 Å². The van der Waals surface area contributed by atoms with E-state index in [0.29, 0.717) is 31.3 Å². The van der Waals surface area contributed by atoms with Crippen molar-refractivity contribution in [1.82, 2.24) is 15.1 Å². The number of nitrogens with zero attached hydrogens (tertiary/aromatic N) is 3. The highest BCUT2D eigenvalue weighted by atomic mass is 16.5. The molecule has 164 valence electrons. The summed E-state index contributed by atoms with van der Waals surface area (Å²) in [5.41, 5.74) is 0.762. The fraction of sp³-hybridized carbons (Fsp3) is 0.591. The first-order valence-corrected chi connectivity index (χ1v) is 10.6. The quantitative estimate of drug-likeness (QED) is 0.720. The Kier molecular flexibility index (Phi) is 7.31. The van der Waals surface area contributed by atoms with Gasteiger partial charge in [-0.15, -0.1) is 0 Å². The Morgan fingerprint density at radius 3 is 2.73 bits per heavy atom. The zero-order valence-electron chi connectivity index (χ0n) is 18.1. The molecule has 1 aromatic carbocycles. The largest absolute Gasteiger partial charge is 0.497 e. The maximum atomic E-state index is 12.9. The number of carbonyl (C=O) groups excluding carboxylic acids is 3. The van der Waals surface area contributed by atoms with Crippen molar-refractivity contribution in [2.24, 2.45) is 5.92 Å². The third-order valence-corrected chi connectivity index (χ3v) is 5.74. The van der Waals surface area contributed by atoms with Gasteiger partial charge < -0.3 is 19.9 Å². The summed E-state index contributed by atoms with van der Waals surface area (Å²) in [7, 11) is 1.59. The average molecular weight is 417 g/mol. The van der Waals surface area contributed by atoms with Gasteiger partial charge in [0, 0.05) is 37.9 Å². The monoisotopic (exact) mass is 416 g/mol. The number of nitrogens with one attached hydrogen (secondary N) is 1. The molecule has 8 nitrogen and oxygen atoms in total. The second-order valence-electron chi connectivity index (χ2n) is 8.29. The van der Waals surface area contributed by atoms with E-state index >= 15 is 0 Å². The summed E-state index contributed by atoms with van der Waals surface area (Å²) in [6.07, 6.45) is 1.09. The molecule has 3 rings (SSSR count). The molecule has 1 atom stereocenters. The zero-order valence-corrected chi connectivity index (χ0v) is 18.1. The van der Waals surface area contributed by atoms with Crippen molar-refractivity contribution < 1.29 is 19.1 Å². The lowest BCUT2D eigenvalue weighted by molar-refractivity contribution is -0.141.